The minimum Gasteiger partial charge on any atom is -0.372 e. The molecule has 2 saturated heterocycles. The van der Waals surface area contributed by atoms with Gasteiger partial charge in [-0.25, -0.2) is 4.98 Å². The molecule has 2 aliphatic heterocycles. The van der Waals surface area contributed by atoms with E-state index in [2.05, 4.69) is 20.1 Å². The monoisotopic (exact) mass is 315 g/mol. The van der Waals surface area contributed by atoms with Gasteiger partial charge in [0.1, 0.15) is 5.69 Å². The van der Waals surface area contributed by atoms with Gasteiger partial charge in [-0.2, -0.15) is 4.98 Å². The number of aryl methyl sites for hydroxylation is 1. The molecule has 0 radical (unpaired) electrons. The number of carbonyl (C=O) groups excluding carboxylic acids is 1. The number of fused-ring (bicyclic) bond motifs is 1. The van der Waals surface area contributed by atoms with Gasteiger partial charge in [-0.05, 0) is 13.3 Å². The number of carbonyl (C=O) groups is 1. The Morgan fingerprint density at radius 2 is 2.30 bits per heavy atom. The summed E-state index contributed by atoms with van der Waals surface area (Å²) in [6.45, 7) is 3.09. The molecule has 0 unspecified atom stereocenters. The van der Waals surface area contributed by atoms with Gasteiger partial charge in [0, 0.05) is 31.4 Å². The molecule has 2 aromatic heterocycles. The van der Waals surface area contributed by atoms with Crippen LogP contribution in [0.2, 0.25) is 0 Å². The summed E-state index contributed by atoms with van der Waals surface area (Å²) < 4.78 is 11.2. The maximum atomic E-state index is 12.4. The number of hydrogen-bond donors (Lipinski definition) is 0. The minimum absolute atomic E-state index is 0.0737. The van der Waals surface area contributed by atoms with Gasteiger partial charge in [-0.15, -0.1) is 0 Å². The largest absolute Gasteiger partial charge is 0.372 e. The van der Waals surface area contributed by atoms with Crippen LogP contribution in [-0.4, -0.2) is 56.2 Å². The smallest absolute Gasteiger partial charge is 0.274 e. The molecular formula is C15H17N5O3. The lowest BCUT2D eigenvalue weighted by atomic mass is 10.0. The summed E-state index contributed by atoms with van der Waals surface area (Å²) in [7, 11) is 0. The quantitative estimate of drug-likeness (QED) is 0.820. The molecule has 8 heteroatoms. The van der Waals surface area contributed by atoms with Crippen molar-refractivity contribution in [3.63, 3.8) is 0 Å². The van der Waals surface area contributed by atoms with Gasteiger partial charge < -0.3 is 14.2 Å². The Hall–Kier alpha value is -2.35. The first-order chi connectivity index (χ1) is 11.2. The lowest BCUT2D eigenvalue weighted by Gasteiger charge is -2.18. The van der Waals surface area contributed by atoms with E-state index in [1.54, 1.807) is 18.0 Å². The molecule has 0 aromatic carbocycles. The fourth-order valence-electron chi connectivity index (χ4n) is 3.35. The van der Waals surface area contributed by atoms with Gasteiger partial charge in [0.05, 0.1) is 24.8 Å². The predicted octanol–water partition coefficient (Wildman–Crippen LogP) is 0.640. The van der Waals surface area contributed by atoms with E-state index in [0.717, 1.165) is 6.42 Å². The molecule has 120 valence electrons. The summed E-state index contributed by atoms with van der Waals surface area (Å²) in [4.78, 5) is 26.4. The van der Waals surface area contributed by atoms with Crippen LogP contribution in [0.15, 0.2) is 23.1 Å². The van der Waals surface area contributed by atoms with Crippen molar-refractivity contribution >= 4 is 5.91 Å². The van der Waals surface area contributed by atoms with Crippen LogP contribution in [0.5, 0.6) is 0 Å². The second kappa shape index (κ2) is 5.69. The number of likely N-dealkylation sites (tertiary alicyclic amines) is 1. The Balaban J connectivity index is 1.36. The number of hydrogen-bond acceptors (Lipinski definition) is 7. The van der Waals surface area contributed by atoms with E-state index >= 15 is 0 Å². The maximum absolute atomic E-state index is 12.4. The third-order valence-electron chi connectivity index (χ3n) is 4.36. The average molecular weight is 315 g/mol. The van der Waals surface area contributed by atoms with Gasteiger partial charge in [0.2, 0.25) is 5.89 Å². The Labute approximate surface area is 132 Å². The normalized spacial score (nSPS) is 26.5. The lowest BCUT2D eigenvalue weighted by molar-refractivity contribution is 0.0329. The van der Waals surface area contributed by atoms with Crippen LogP contribution in [0.25, 0.3) is 0 Å². The minimum atomic E-state index is -0.0832. The van der Waals surface area contributed by atoms with Crippen molar-refractivity contribution in [2.24, 2.45) is 5.92 Å². The van der Waals surface area contributed by atoms with Gasteiger partial charge in [0.25, 0.3) is 5.91 Å². The first-order valence-corrected chi connectivity index (χ1v) is 7.69. The average Bonchev–Trinajstić information content (AvgIpc) is 3.22. The molecule has 2 aliphatic rings. The molecule has 3 atom stereocenters. The van der Waals surface area contributed by atoms with Crippen LogP contribution in [-0.2, 0) is 11.2 Å². The zero-order chi connectivity index (χ0) is 15.8. The van der Waals surface area contributed by atoms with Crippen LogP contribution >= 0.6 is 0 Å². The Bertz CT molecular complexity index is 690. The topological polar surface area (TPSA) is 94.2 Å². The molecule has 0 saturated carbocycles. The van der Waals surface area contributed by atoms with Gasteiger partial charge in [-0.3, -0.25) is 9.78 Å². The molecular weight excluding hydrogens is 298 g/mol. The highest BCUT2D eigenvalue weighted by molar-refractivity contribution is 5.92. The summed E-state index contributed by atoms with van der Waals surface area (Å²) in [6, 6.07) is 0. The molecule has 8 nitrogen and oxygen atoms in total. The van der Waals surface area contributed by atoms with Crippen LogP contribution in [0.1, 0.15) is 28.6 Å². The van der Waals surface area contributed by atoms with Crippen LogP contribution in [0.3, 0.4) is 0 Å². The number of ether oxygens (including phenoxy) is 1. The first-order valence-electron chi connectivity index (χ1n) is 7.69. The molecule has 1 amide bonds. The number of amides is 1. The molecule has 2 aromatic rings. The summed E-state index contributed by atoms with van der Waals surface area (Å²) in [5.41, 5.74) is 0.380. The third kappa shape index (κ3) is 2.81. The van der Waals surface area contributed by atoms with E-state index < -0.39 is 0 Å². The number of aromatic nitrogens is 4. The standard InChI is InChI=1S/C15H17N5O3/c1-9-18-14(23-19-9)5-11-4-10-7-20(8-13(10)22-11)15(21)12-6-16-2-3-17-12/h2-3,6,10-11,13H,4-5,7-8H2,1H3/t10-,11+,13+/m1/s1. The predicted molar refractivity (Wildman–Crippen MR) is 77.4 cm³/mol. The van der Waals surface area contributed by atoms with Gasteiger partial charge >= 0.3 is 0 Å². The lowest BCUT2D eigenvalue weighted by Crippen LogP contribution is -2.32. The molecule has 4 rings (SSSR count). The summed E-state index contributed by atoms with van der Waals surface area (Å²) in [5.74, 6) is 1.52. The van der Waals surface area contributed by atoms with Gasteiger partial charge in [-0.1, -0.05) is 5.16 Å². The number of rotatable bonds is 3. The van der Waals surface area contributed by atoms with E-state index in [0.29, 0.717) is 42.8 Å². The van der Waals surface area contributed by atoms with Crippen molar-refractivity contribution in [3.05, 3.63) is 36.0 Å². The zero-order valence-corrected chi connectivity index (χ0v) is 12.8. The van der Waals surface area contributed by atoms with E-state index in [1.165, 1.54) is 12.4 Å². The SMILES string of the molecule is Cc1noc(C[C@@H]2C[C@@H]3CN(C(=O)c4cnccn4)C[C@@H]3O2)n1. The Morgan fingerprint density at radius 1 is 1.39 bits per heavy atom. The third-order valence-corrected chi connectivity index (χ3v) is 4.36. The second-order valence-electron chi connectivity index (χ2n) is 6.03. The molecule has 0 spiro atoms. The highest BCUT2D eigenvalue weighted by Gasteiger charge is 2.44. The fourth-order valence-corrected chi connectivity index (χ4v) is 3.35. The van der Waals surface area contributed by atoms with Crippen LogP contribution in [0, 0.1) is 12.8 Å². The highest BCUT2D eigenvalue weighted by atomic mass is 16.5. The van der Waals surface area contributed by atoms with Gasteiger partial charge in [0.15, 0.2) is 5.82 Å². The second-order valence-corrected chi connectivity index (χ2v) is 6.03. The van der Waals surface area contributed by atoms with Crippen molar-refractivity contribution in [3.8, 4) is 0 Å². The van der Waals surface area contributed by atoms with Crippen molar-refractivity contribution in [2.45, 2.75) is 32.0 Å². The van der Waals surface area contributed by atoms with Crippen molar-refractivity contribution < 1.29 is 14.1 Å². The van der Waals surface area contributed by atoms with E-state index in [-0.39, 0.29) is 18.1 Å². The van der Waals surface area contributed by atoms with E-state index in [9.17, 15) is 4.79 Å². The zero-order valence-electron chi connectivity index (χ0n) is 12.8. The molecule has 2 fully saturated rings. The maximum Gasteiger partial charge on any atom is 0.274 e. The number of nitrogens with zero attached hydrogens (tertiary/aromatic N) is 5. The molecule has 4 heterocycles. The van der Waals surface area contributed by atoms with Crippen LogP contribution < -0.4 is 0 Å². The summed E-state index contributed by atoms with van der Waals surface area (Å²) >= 11 is 0. The van der Waals surface area contributed by atoms with E-state index in [4.69, 9.17) is 9.26 Å². The van der Waals surface area contributed by atoms with Crippen molar-refractivity contribution in [1.29, 1.82) is 0 Å². The summed E-state index contributed by atoms with van der Waals surface area (Å²) in [6.07, 6.45) is 6.27. The Morgan fingerprint density at radius 3 is 3.00 bits per heavy atom. The molecule has 0 N–H and O–H groups in total. The molecule has 0 bridgehead atoms. The van der Waals surface area contributed by atoms with E-state index in [1.807, 2.05) is 0 Å². The molecule has 23 heavy (non-hydrogen) atoms. The van der Waals surface area contributed by atoms with Crippen molar-refractivity contribution in [1.82, 2.24) is 25.0 Å². The highest BCUT2D eigenvalue weighted by Crippen LogP contribution is 2.34. The summed E-state index contributed by atoms with van der Waals surface area (Å²) in [5, 5.41) is 3.79. The molecule has 0 aliphatic carbocycles. The van der Waals surface area contributed by atoms with Crippen LogP contribution in [0.4, 0.5) is 0 Å². The fraction of sp³-hybridized carbons (Fsp3) is 0.533. The first kappa shape index (κ1) is 14.3. The Kier molecular flexibility index (Phi) is 3.53. The van der Waals surface area contributed by atoms with Crippen molar-refractivity contribution in [2.75, 3.05) is 13.1 Å².